The first-order chi connectivity index (χ1) is 12.9. The lowest BCUT2D eigenvalue weighted by Crippen LogP contribution is -2.20. The van der Waals surface area contributed by atoms with E-state index in [9.17, 15) is 19.8 Å². The van der Waals surface area contributed by atoms with Crippen LogP contribution in [0.1, 0.15) is 24.5 Å². The molecule has 5 heteroatoms. The summed E-state index contributed by atoms with van der Waals surface area (Å²) in [6.45, 7) is 1.78. The van der Waals surface area contributed by atoms with E-state index in [0.29, 0.717) is 17.7 Å². The minimum atomic E-state index is -0.756. The molecule has 0 aromatic heterocycles. The average Bonchev–Trinajstić information content (AvgIpc) is 2.67. The SMILES string of the molecule is CCC(C(=O)/C=C/c1ccc(O)cc1)C(=O)/C=C/c1ccc(O)c(OC)c1. The van der Waals surface area contributed by atoms with E-state index in [2.05, 4.69) is 0 Å². The van der Waals surface area contributed by atoms with Crippen LogP contribution < -0.4 is 4.74 Å². The van der Waals surface area contributed by atoms with E-state index in [0.717, 1.165) is 5.56 Å². The lowest BCUT2D eigenvalue weighted by Gasteiger charge is -2.07. The molecule has 0 aliphatic heterocycles. The molecule has 0 amide bonds. The van der Waals surface area contributed by atoms with Crippen LogP contribution in [0.15, 0.2) is 54.6 Å². The van der Waals surface area contributed by atoms with Crippen molar-refractivity contribution in [3.63, 3.8) is 0 Å². The molecule has 0 heterocycles. The molecular formula is C22H22O5. The number of hydrogen-bond donors (Lipinski definition) is 2. The topological polar surface area (TPSA) is 83.8 Å². The Morgan fingerprint density at radius 2 is 1.52 bits per heavy atom. The van der Waals surface area contributed by atoms with Crippen LogP contribution >= 0.6 is 0 Å². The number of allylic oxidation sites excluding steroid dienone is 2. The van der Waals surface area contributed by atoms with E-state index < -0.39 is 5.92 Å². The summed E-state index contributed by atoms with van der Waals surface area (Å²) in [5.41, 5.74) is 1.44. The Hall–Kier alpha value is -3.34. The van der Waals surface area contributed by atoms with Gasteiger partial charge in [-0.05, 0) is 54.0 Å². The maximum atomic E-state index is 12.4. The molecule has 27 heavy (non-hydrogen) atoms. The number of phenolic OH excluding ortho intramolecular Hbond substituents is 2. The van der Waals surface area contributed by atoms with Crippen LogP contribution in [0.4, 0.5) is 0 Å². The van der Waals surface area contributed by atoms with E-state index in [-0.39, 0.29) is 23.1 Å². The molecular weight excluding hydrogens is 344 g/mol. The van der Waals surface area contributed by atoms with Gasteiger partial charge in [-0.25, -0.2) is 0 Å². The Bertz CT molecular complexity index is 863. The summed E-state index contributed by atoms with van der Waals surface area (Å²) in [7, 11) is 1.44. The first-order valence-electron chi connectivity index (χ1n) is 8.54. The molecule has 0 saturated heterocycles. The van der Waals surface area contributed by atoms with E-state index in [1.165, 1.54) is 37.5 Å². The van der Waals surface area contributed by atoms with Crippen molar-refractivity contribution in [3.8, 4) is 17.2 Å². The second-order valence-corrected chi connectivity index (χ2v) is 5.96. The highest BCUT2D eigenvalue weighted by Gasteiger charge is 2.20. The fraction of sp³-hybridized carbons (Fsp3) is 0.182. The van der Waals surface area contributed by atoms with Gasteiger partial charge in [-0.3, -0.25) is 9.59 Å². The second-order valence-electron chi connectivity index (χ2n) is 5.96. The zero-order chi connectivity index (χ0) is 19.8. The molecule has 0 spiro atoms. The predicted molar refractivity (Wildman–Crippen MR) is 105 cm³/mol. The summed E-state index contributed by atoms with van der Waals surface area (Å²) >= 11 is 0. The van der Waals surface area contributed by atoms with E-state index in [1.807, 2.05) is 0 Å². The molecule has 2 aromatic carbocycles. The van der Waals surface area contributed by atoms with Gasteiger partial charge in [0, 0.05) is 0 Å². The van der Waals surface area contributed by atoms with Gasteiger partial charge in [0.05, 0.1) is 13.0 Å². The quantitative estimate of drug-likeness (QED) is 0.545. The van der Waals surface area contributed by atoms with Gasteiger partial charge in [0.2, 0.25) is 0 Å². The summed E-state index contributed by atoms with van der Waals surface area (Å²) < 4.78 is 5.03. The van der Waals surface area contributed by atoms with Crippen LogP contribution in [0.5, 0.6) is 17.2 Å². The lowest BCUT2D eigenvalue weighted by molar-refractivity contribution is -0.127. The van der Waals surface area contributed by atoms with E-state index >= 15 is 0 Å². The molecule has 5 nitrogen and oxygen atoms in total. The van der Waals surface area contributed by atoms with Gasteiger partial charge in [0.15, 0.2) is 23.1 Å². The van der Waals surface area contributed by atoms with Crippen molar-refractivity contribution in [3.05, 3.63) is 65.7 Å². The third kappa shape index (κ3) is 5.57. The smallest absolute Gasteiger partial charge is 0.166 e. The van der Waals surface area contributed by atoms with Crippen molar-refractivity contribution >= 4 is 23.7 Å². The Kier molecular flexibility index (Phi) is 6.94. The van der Waals surface area contributed by atoms with Crippen LogP contribution in [0.3, 0.4) is 0 Å². The number of phenols is 2. The zero-order valence-electron chi connectivity index (χ0n) is 15.3. The van der Waals surface area contributed by atoms with Gasteiger partial charge < -0.3 is 14.9 Å². The number of methoxy groups -OCH3 is 1. The highest BCUT2D eigenvalue weighted by atomic mass is 16.5. The van der Waals surface area contributed by atoms with Gasteiger partial charge in [0.25, 0.3) is 0 Å². The van der Waals surface area contributed by atoms with Gasteiger partial charge in [0.1, 0.15) is 5.75 Å². The minimum absolute atomic E-state index is 0.0157. The summed E-state index contributed by atoms with van der Waals surface area (Å²) in [6.07, 6.45) is 6.35. The van der Waals surface area contributed by atoms with Gasteiger partial charge in [-0.1, -0.05) is 37.3 Å². The second kappa shape index (κ2) is 9.38. The molecule has 140 valence electrons. The van der Waals surface area contributed by atoms with Crippen molar-refractivity contribution < 1.29 is 24.5 Å². The van der Waals surface area contributed by atoms with Crippen molar-refractivity contribution in [2.24, 2.45) is 5.92 Å². The highest BCUT2D eigenvalue weighted by Crippen LogP contribution is 2.26. The number of aromatic hydroxyl groups is 2. The maximum absolute atomic E-state index is 12.4. The van der Waals surface area contributed by atoms with Crippen LogP contribution in [0, 0.1) is 5.92 Å². The Morgan fingerprint density at radius 3 is 2.07 bits per heavy atom. The standard InChI is InChI=1S/C22H22O5/c1-3-18(19(24)11-6-15-4-9-17(23)10-5-15)20(25)12-7-16-8-13-21(26)22(14-16)27-2/h4-14,18,23,26H,3H2,1-2H3/b11-6+,12-7+. The van der Waals surface area contributed by atoms with Crippen molar-refractivity contribution in [2.45, 2.75) is 13.3 Å². The third-order valence-electron chi connectivity index (χ3n) is 4.07. The molecule has 0 aliphatic carbocycles. The summed E-state index contributed by atoms with van der Waals surface area (Å²) in [5, 5.41) is 18.9. The molecule has 2 aromatic rings. The Labute approximate surface area is 158 Å². The molecule has 0 fully saturated rings. The van der Waals surface area contributed by atoms with Gasteiger partial charge in [-0.2, -0.15) is 0 Å². The van der Waals surface area contributed by atoms with Crippen molar-refractivity contribution in [1.82, 2.24) is 0 Å². The first kappa shape index (κ1) is 20.0. The average molecular weight is 366 g/mol. The van der Waals surface area contributed by atoms with Gasteiger partial charge >= 0.3 is 0 Å². The number of benzene rings is 2. The molecule has 2 rings (SSSR count). The number of hydrogen-bond acceptors (Lipinski definition) is 5. The molecule has 0 saturated carbocycles. The number of carbonyl (C=O) groups excluding carboxylic acids is 2. The monoisotopic (exact) mass is 366 g/mol. The molecule has 0 aliphatic rings. The van der Waals surface area contributed by atoms with Crippen LogP contribution in [0.25, 0.3) is 12.2 Å². The maximum Gasteiger partial charge on any atom is 0.166 e. The van der Waals surface area contributed by atoms with Crippen LogP contribution in [0.2, 0.25) is 0 Å². The molecule has 2 N–H and O–H groups in total. The zero-order valence-corrected chi connectivity index (χ0v) is 15.3. The first-order valence-corrected chi connectivity index (χ1v) is 8.54. The number of carbonyl (C=O) groups is 2. The summed E-state index contributed by atoms with van der Waals surface area (Å²) in [4.78, 5) is 24.8. The van der Waals surface area contributed by atoms with Gasteiger partial charge in [-0.15, -0.1) is 0 Å². The molecule has 1 unspecified atom stereocenters. The largest absolute Gasteiger partial charge is 0.508 e. The fourth-order valence-electron chi connectivity index (χ4n) is 2.51. The Morgan fingerprint density at radius 1 is 0.963 bits per heavy atom. The van der Waals surface area contributed by atoms with Crippen LogP contribution in [-0.2, 0) is 9.59 Å². The highest BCUT2D eigenvalue weighted by molar-refractivity contribution is 6.13. The fourth-order valence-corrected chi connectivity index (χ4v) is 2.51. The normalized spacial score (nSPS) is 12.4. The molecule has 1 atom stereocenters. The summed E-state index contributed by atoms with van der Waals surface area (Å²) in [6, 6.07) is 11.1. The number of ether oxygens (including phenoxy) is 1. The van der Waals surface area contributed by atoms with E-state index in [1.54, 1.807) is 43.3 Å². The predicted octanol–water partition coefficient (Wildman–Crippen LogP) is 4.00. The van der Waals surface area contributed by atoms with E-state index in [4.69, 9.17) is 4.74 Å². The molecule has 0 radical (unpaired) electrons. The number of ketones is 2. The minimum Gasteiger partial charge on any atom is -0.508 e. The molecule has 0 bridgehead atoms. The lowest BCUT2D eigenvalue weighted by atomic mass is 9.94. The number of rotatable bonds is 8. The van der Waals surface area contributed by atoms with Crippen molar-refractivity contribution in [2.75, 3.05) is 7.11 Å². The third-order valence-corrected chi connectivity index (χ3v) is 4.07. The Balaban J connectivity index is 2.08. The summed E-state index contributed by atoms with van der Waals surface area (Å²) in [5.74, 6) is -0.843. The van der Waals surface area contributed by atoms with Crippen molar-refractivity contribution in [1.29, 1.82) is 0 Å². The van der Waals surface area contributed by atoms with Crippen LogP contribution in [-0.4, -0.2) is 28.9 Å².